The first-order valence-corrected chi connectivity index (χ1v) is 7.73. The predicted molar refractivity (Wildman–Crippen MR) is 84.4 cm³/mol. The van der Waals surface area contributed by atoms with Crippen molar-refractivity contribution in [2.45, 2.75) is 24.8 Å². The molecule has 0 saturated carbocycles. The Bertz CT molecular complexity index is 465. The smallest absolute Gasteiger partial charge is 0.245 e. The van der Waals surface area contributed by atoms with Crippen molar-refractivity contribution >= 4 is 17.5 Å². The van der Waals surface area contributed by atoms with Gasteiger partial charge in [-0.25, -0.2) is 0 Å². The van der Waals surface area contributed by atoms with E-state index in [4.69, 9.17) is 11.6 Å². The number of β-amino-alcohol motifs (C(OH)–C–C–N with tert-alkyl or cyclic N) is 1. The molecule has 1 amide bonds. The van der Waals surface area contributed by atoms with Crippen LogP contribution in [-0.4, -0.2) is 59.1 Å². The van der Waals surface area contributed by atoms with E-state index in [1.807, 2.05) is 35.2 Å². The van der Waals surface area contributed by atoms with Crippen molar-refractivity contribution < 1.29 is 9.90 Å². The fourth-order valence-electron chi connectivity index (χ4n) is 2.60. The lowest BCUT2D eigenvalue weighted by Crippen LogP contribution is -2.52. The number of hydrogen-bond donors (Lipinski definition) is 1. The lowest BCUT2D eigenvalue weighted by atomic mass is 10.1. The number of carbonyl (C=O) groups excluding carboxylic acids is 1. The molecule has 116 valence electrons. The van der Waals surface area contributed by atoms with Crippen LogP contribution < -0.4 is 0 Å². The van der Waals surface area contributed by atoms with E-state index in [2.05, 4.69) is 4.90 Å². The van der Waals surface area contributed by atoms with E-state index in [0.29, 0.717) is 19.6 Å². The molecule has 0 aromatic heterocycles. The van der Waals surface area contributed by atoms with Crippen molar-refractivity contribution in [3.05, 3.63) is 35.9 Å². The first kappa shape index (κ1) is 16.3. The number of rotatable bonds is 4. The van der Waals surface area contributed by atoms with Gasteiger partial charge < -0.3 is 10.0 Å². The summed E-state index contributed by atoms with van der Waals surface area (Å²) in [5, 5.41) is 9.22. The van der Waals surface area contributed by atoms with Crippen molar-refractivity contribution in [3.63, 3.8) is 0 Å². The summed E-state index contributed by atoms with van der Waals surface area (Å²) in [6, 6.07) is 9.44. The maximum absolute atomic E-state index is 12.4. The van der Waals surface area contributed by atoms with Crippen molar-refractivity contribution in [3.8, 4) is 0 Å². The molecule has 1 atom stereocenters. The summed E-state index contributed by atoms with van der Waals surface area (Å²) in [6.45, 7) is 7.08. The Morgan fingerprint density at radius 3 is 2.33 bits per heavy atom. The molecular formula is C16H23ClN2O2. The molecule has 1 aliphatic rings. The van der Waals surface area contributed by atoms with Gasteiger partial charge in [-0.1, -0.05) is 30.3 Å². The third kappa shape index (κ3) is 4.70. The topological polar surface area (TPSA) is 43.8 Å². The number of piperazine rings is 1. The zero-order chi connectivity index (χ0) is 15.5. The van der Waals surface area contributed by atoms with E-state index in [1.54, 1.807) is 13.8 Å². The monoisotopic (exact) mass is 310 g/mol. The molecule has 0 aliphatic carbocycles. The molecule has 1 aliphatic heterocycles. The van der Waals surface area contributed by atoms with E-state index in [0.717, 1.165) is 18.7 Å². The Balaban J connectivity index is 1.89. The second-order valence-electron chi connectivity index (χ2n) is 6.19. The highest BCUT2D eigenvalue weighted by molar-refractivity contribution is 6.30. The number of halogens is 1. The van der Waals surface area contributed by atoms with Gasteiger partial charge in [0.1, 0.15) is 5.38 Å². The molecule has 0 bridgehead atoms. The van der Waals surface area contributed by atoms with Crippen molar-refractivity contribution in [1.82, 2.24) is 9.80 Å². The molecular weight excluding hydrogens is 288 g/mol. The van der Waals surface area contributed by atoms with Crippen LogP contribution in [0.2, 0.25) is 0 Å². The van der Waals surface area contributed by atoms with Crippen LogP contribution in [0.3, 0.4) is 0 Å². The molecule has 0 spiro atoms. The van der Waals surface area contributed by atoms with E-state index in [9.17, 15) is 9.90 Å². The minimum Gasteiger partial charge on any atom is -0.389 e. The number of aliphatic hydroxyl groups is 1. The lowest BCUT2D eigenvalue weighted by Gasteiger charge is -2.37. The van der Waals surface area contributed by atoms with Crippen LogP contribution in [0.5, 0.6) is 0 Å². The molecule has 1 N–H and O–H groups in total. The third-order valence-corrected chi connectivity index (χ3v) is 4.04. The summed E-state index contributed by atoms with van der Waals surface area (Å²) in [6.07, 6.45) is 0. The van der Waals surface area contributed by atoms with E-state index >= 15 is 0 Å². The van der Waals surface area contributed by atoms with Gasteiger partial charge in [0.15, 0.2) is 0 Å². The van der Waals surface area contributed by atoms with Gasteiger partial charge in [-0.3, -0.25) is 9.69 Å². The maximum atomic E-state index is 12.4. The largest absolute Gasteiger partial charge is 0.389 e. The van der Waals surface area contributed by atoms with Crippen LogP contribution in [0.15, 0.2) is 30.3 Å². The van der Waals surface area contributed by atoms with Crippen LogP contribution in [0.25, 0.3) is 0 Å². The summed E-state index contributed by atoms with van der Waals surface area (Å²) >= 11 is 6.29. The molecule has 21 heavy (non-hydrogen) atoms. The molecule has 0 radical (unpaired) electrons. The Morgan fingerprint density at radius 2 is 1.81 bits per heavy atom. The molecule has 1 unspecified atom stereocenters. The van der Waals surface area contributed by atoms with Crippen molar-refractivity contribution in [2.24, 2.45) is 0 Å². The first-order valence-electron chi connectivity index (χ1n) is 7.29. The van der Waals surface area contributed by atoms with Crippen molar-refractivity contribution in [1.29, 1.82) is 0 Å². The zero-order valence-electron chi connectivity index (χ0n) is 12.6. The van der Waals surface area contributed by atoms with Gasteiger partial charge in [-0.2, -0.15) is 0 Å². The normalized spacial score (nSPS) is 18.6. The van der Waals surface area contributed by atoms with Gasteiger partial charge in [0.05, 0.1) is 5.60 Å². The fourth-order valence-corrected chi connectivity index (χ4v) is 2.88. The number of benzene rings is 1. The van der Waals surface area contributed by atoms with Gasteiger partial charge in [0.25, 0.3) is 0 Å². The predicted octanol–water partition coefficient (Wildman–Crippen LogP) is 1.88. The molecule has 1 fully saturated rings. The second kappa shape index (κ2) is 6.77. The van der Waals surface area contributed by atoms with Crippen LogP contribution in [-0.2, 0) is 4.79 Å². The summed E-state index contributed by atoms with van der Waals surface area (Å²) < 4.78 is 0. The molecule has 5 heteroatoms. The standard InChI is InChI=1S/C16H23ClN2O2/c1-16(2,21)12-18-8-10-19(11-9-18)15(20)14(17)13-6-4-3-5-7-13/h3-7,14,21H,8-12H2,1-2H3. The van der Waals surface area contributed by atoms with Gasteiger partial charge >= 0.3 is 0 Å². The Kier molecular flexibility index (Phi) is 5.25. The summed E-state index contributed by atoms with van der Waals surface area (Å²) in [4.78, 5) is 16.4. The zero-order valence-corrected chi connectivity index (χ0v) is 13.4. The number of hydrogen-bond acceptors (Lipinski definition) is 3. The molecule has 1 aromatic rings. The minimum absolute atomic E-state index is 0.0363. The highest BCUT2D eigenvalue weighted by Crippen LogP contribution is 2.23. The molecule has 1 saturated heterocycles. The molecule has 4 nitrogen and oxygen atoms in total. The SMILES string of the molecule is CC(C)(O)CN1CCN(C(=O)C(Cl)c2ccccc2)CC1. The van der Waals surface area contributed by atoms with Gasteiger partial charge in [0, 0.05) is 32.7 Å². The quantitative estimate of drug-likeness (QED) is 0.864. The average molecular weight is 311 g/mol. The van der Waals surface area contributed by atoms with Gasteiger partial charge in [-0.05, 0) is 19.4 Å². The minimum atomic E-state index is -0.703. The van der Waals surface area contributed by atoms with Gasteiger partial charge in [0.2, 0.25) is 5.91 Å². The van der Waals surface area contributed by atoms with E-state index in [-0.39, 0.29) is 5.91 Å². The Labute approximate surface area is 131 Å². The molecule has 1 heterocycles. The van der Waals surface area contributed by atoms with E-state index in [1.165, 1.54) is 0 Å². The number of nitrogens with zero attached hydrogens (tertiary/aromatic N) is 2. The number of carbonyl (C=O) groups is 1. The Hall–Kier alpha value is -1.10. The number of amides is 1. The highest BCUT2D eigenvalue weighted by atomic mass is 35.5. The van der Waals surface area contributed by atoms with Crippen molar-refractivity contribution in [2.75, 3.05) is 32.7 Å². The summed E-state index contributed by atoms with van der Waals surface area (Å²) in [7, 11) is 0. The second-order valence-corrected chi connectivity index (χ2v) is 6.62. The van der Waals surface area contributed by atoms with Crippen LogP contribution in [0.4, 0.5) is 0 Å². The maximum Gasteiger partial charge on any atom is 0.245 e. The summed E-state index contributed by atoms with van der Waals surface area (Å²) in [5.41, 5.74) is 0.133. The van der Waals surface area contributed by atoms with Crippen LogP contribution in [0, 0.1) is 0 Å². The lowest BCUT2D eigenvalue weighted by molar-refractivity contribution is -0.133. The molecule has 2 rings (SSSR count). The fraction of sp³-hybridized carbons (Fsp3) is 0.562. The van der Waals surface area contributed by atoms with E-state index < -0.39 is 11.0 Å². The van der Waals surface area contributed by atoms with Crippen LogP contribution in [0.1, 0.15) is 24.8 Å². The first-order chi connectivity index (χ1) is 9.87. The highest BCUT2D eigenvalue weighted by Gasteiger charge is 2.28. The molecule has 1 aromatic carbocycles. The summed E-state index contributed by atoms with van der Waals surface area (Å²) in [5.74, 6) is -0.0363. The Morgan fingerprint density at radius 1 is 1.24 bits per heavy atom. The van der Waals surface area contributed by atoms with Crippen LogP contribution >= 0.6 is 11.6 Å². The average Bonchev–Trinajstić information content (AvgIpc) is 2.46. The third-order valence-electron chi connectivity index (χ3n) is 3.60. The number of alkyl halides is 1. The van der Waals surface area contributed by atoms with Gasteiger partial charge in [-0.15, -0.1) is 11.6 Å².